The number of phosphoric acid groups is 1. The van der Waals surface area contributed by atoms with Crippen LogP contribution in [-0.2, 0) is 47.2 Å². The minimum absolute atomic E-state index is 0.0696. The minimum Gasteiger partial charge on any atom is -0.423 e. The number of nitrogens with two attached hydrogens (primary N) is 1. The van der Waals surface area contributed by atoms with Crippen molar-refractivity contribution in [2.75, 3.05) is 26.1 Å². The molecule has 24 heteroatoms. The second-order valence-electron chi connectivity index (χ2n) is 13.6. The molecule has 8 rings (SSSR count). The van der Waals surface area contributed by atoms with Crippen LogP contribution in [0, 0.1) is 6.92 Å². The standard InChI is InChI=1S/C35H37N7O14P2S/c1-19-3-7-21(8-4-19)34(44)53-22-9-5-20(6-10-22)16-59-58(48)51-14-23-13-24(32(52-23)41-12-11-26(43)40-35(41)45)55-57(46,47)50-15-25-28(56-58)29(49-2)33(54-25)42-18-39-27-30(36)37-17-38-31(27)42/h3-12,17-18,23-25,28-29,32-33H,13-16H2,1-2H3,(H,46,47)(H2,36,37,38)(H,40,43,45)/t23-,24+,25+,28+,29+,32+,33+,58+/m0/s1. The van der Waals surface area contributed by atoms with Crippen LogP contribution in [0.25, 0.3) is 11.2 Å². The van der Waals surface area contributed by atoms with Gasteiger partial charge in [-0.15, -0.1) is 0 Å². The summed E-state index contributed by atoms with van der Waals surface area (Å²) in [5.74, 6) is -0.0679. The van der Waals surface area contributed by atoms with Crippen molar-refractivity contribution in [2.45, 2.75) is 62.1 Å². The maximum absolute atomic E-state index is 15.0. The third-order valence-corrected chi connectivity index (χ3v) is 14.3. The molecule has 2 bridgehead atoms. The van der Waals surface area contributed by atoms with Gasteiger partial charge in [-0.2, -0.15) is 0 Å². The minimum atomic E-state index is -4.95. The highest BCUT2D eigenvalue weighted by molar-refractivity contribution is 8.54. The Morgan fingerprint density at radius 1 is 0.966 bits per heavy atom. The molecule has 3 saturated heterocycles. The fourth-order valence-electron chi connectivity index (χ4n) is 6.74. The lowest BCUT2D eigenvalue weighted by Gasteiger charge is -2.28. The van der Waals surface area contributed by atoms with Crippen LogP contribution in [0.5, 0.6) is 5.75 Å². The van der Waals surface area contributed by atoms with Crippen LogP contribution in [-0.4, -0.2) is 90.8 Å². The highest BCUT2D eigenvalue weighted by atomic mass is 32.7. The van der Waals surface area contributed by atoms with Crippen molar-refractivity contribution in [3.8, 4) is 5.75 Å². The molecule has 3 fully saturated rings. The van der Waals surface area contributed by atoms with E-state index in [0.29, 0.717) is 11.1 Å². The van der Waals surface area contributed by atoms with Crippen molar-refractivity contribution in [3.05, 3.63) is 111 Å². The van der Waals surface area contributed by atoms with Crippen LogP contribution in [0.3, 0.4) is 0 Å². The molecular formula is C35H37N7O14P2S. The molecule has 4 N–H and O–H groups in total. The fraction of sp³-hybridized carbons (Fsp3) is 0.371. The van der Waals surface area contributed by atoms with E-state index in [4.69, 9.17) is 42.8 Å². The van der Waals surface area contributed by atoms with Crippen molar-refractivity contribution >= 4 is 49.0 Å². The van der Waals surface area contributed by atoms with Crippen LogP contribution < -0.4 is 21.7 Å². The molecule has 0 aliphatic carbocycles. The first kappa shape index (κ1) is 41.2. The summed E-state index contributed by atoms with van der Waals surface area (Å²) >= 11 is 0.828. The number of aryl methyl sites for hydroxylation is 1. The largest absolute Gasteiger partial charge is 0.472 e. The van der Waals surface area contributed by atoms with Gasteiger partial charge in [-0.25, -0.2) is 33.7 Å². The average molecular weight is 874 g/mol. The molecule has 0 amide bonds. The summed E-state index contributed by atoms with van der Waals surface area (Å²) in [6, 6.07) is 14.6. The molecule has 3 aliphatic rings. The smallest absolute Gasteiger partial charge is 0.423 e. The maximum Gasteiger partial charge on any atom is 0.472 e. The van der Waals surface area contributed by atoms with E-state index >= 15 is 0 Å². The summed E-state index contributed by atoms with van der Waals surface area (Å²) < 4.78 is 78.2. The summed E-state index contributed by atoms with van der Waals surface area (Å²) in [7, 11) is -3.58. The molecule has 0 spiro atoms. The number of rotatable bonds is 8. The number of nitrogens with zero attached hydrogens (tertiary/aromatic N) is 5. The van der Waals surface area contributed by atoms with Crippen LogP contribution >= 0.6 is 26.0 Å². The number of aromatic nitrogens is 6. The van der Waals surface area contributed by atoms with E-state index in [2.05, 4.69) is 19.9 Å². The van der Waals surface area contributed by atoms with E-state index in [1.165, 1.54) is 24.3 Å². The zero-order valence-electron chi connectivity index (χ0n) is 31.2. The van der Waals surface area contributed by atoms with Gasteiger partial charge in [0.05, 0.1) is 31.2 Å². The molecule has 59 heavy (non-hydrogen) atoms. The Labute approximate surface area is 338 Å². The number of anilines is 1. The van der Waals surface area contributed by atoms with Gasteiger partial charge in [0.2, 0.25) is 0 Å². The van der Waals surface area contributed by atoms with Gasteiger partial charge in [-0.05, 0) is 48.1 Å². The predicted octanol–water partition coefficient (Wildman–Crippen LogP) is 3.65. The van der Waals surface area contributed by atoms with Crippen molar-refractivity contribution in [1.29, 1.82) is 0 Å². The van der Waals surface area contributed by atoms with E-state index in [0.717, 1.165) is 33.8 Å². The van der Waals surface area contributed by atoms with Crippen LogP contribution in [0.2, 0.25) is 0 Å². The van der Waals surface area contributed by atoms with Crippen molar-refractivity contribution < 1.29 is 55.9 Å². The summed E-state index contributed by atoms with van der Waals surface area (Å²) in [6.45, 7) is -3.43. The Kier molecular flexibility index (Phi) is 11.7. The number of hydrogen-bond donors (Lipinski definition) is 3. The molecule has 1 unspecified atom stereocenters. The van der Waals surface area contributed by atoms with Gasteiger partial charge >= 0.3 is 26.3 Å². The first-order valence-electron chi connectivity index (χ1n) is 18.0. The normalized spacial score (nSPS) is 29.9. The predicted molar refractivity (Wildman–Crippen MR) is 207 cm³/mol. The molecule has 9 atom stereocenters. The van der Waals surface area contributed by atoms with Crippen LogP contribution in [0.1, 0.15) is 40.4 Å². The van der Waals surface area contributed by atoms with Crippen molar-refractivity contribution in [3.63, 3.8) is 0 Å². The Morgan fingerprint density at radius 2 is 1.75 bits per heavy atom. The number of aromatic amines is 1. The molecule has 3 aliphatic heterocycles. The Morgan fingerprint density at radius 3 is 2.49 bits per heavy atom. The summed E-state index contributed by atoms with van der Waals surface area (Å²) in [6.07, 6.45) is -4.56. The lowest BCUT2D eigenvalue weighted by molar-refractivity contribution is -0.0668. The lowest BCUT2D eigenvalue weighted by Crippen LogP contribution is -2.37. The molecule has 5 aromatic rings. The van der Waals surface area contributed by atoms with Gasteiger partial charge in [0.1, 0.15) is 42.0 Å². The molecule has 312 valence electrons. The van der Waals surface area contributed by atoms with Crippen LogP contribution in [0.4, 0.5) is 5.82 Å². The summed E-state index contributed by atoms with van der Waals surface area (Å²) in [5, 5.41) is 0. The van der Waals surface area contributed by atoms with Gasteiger partial charge < -0.3 is 29.6 Å². The number of esters is 1. The number of phosphoric ester groups is 1. The molecule has 0 radical (unpaired) electrons. The molecule has 0 saturated carbocycles. The van der Waals surface area contributed by atoms with E-state index in [9.17, 15) is 28.4 Å². The maximum atomic E-state index is 15.0. The Bertz CT molecular complexity index is 2560. The lowest BCUT2D eigenvalue weighted by atomic mass is 10.1. The average Bonchev–Trinajstić information content (AvgIpc) is 3.91. The molecular weight excluding hydrogens is 836 g/mol. The SMILES string of the molecule is CO[C@@H]1[C@@H]2O[P@](=O)(SCc3ccc(OC(=O)c4ccc(C)cc4)cc3)OC[C@@H]3C[C@@H](OP(=O)(O)OC[C@H]2O[C@H]1n1cnc2c(N)ncnc21)[C@H](n1ccc(=O)[nH]c1=O)O3. The number of ether oxygens (including phenoxy) is 4. The molecule has 21 nitrogen and oxygen atoms in total. The molecule has 2 aromatic carbocycles. The number of hydrogen-bond acceptors (Lipinski definition) is 18. The topological polar surface area (TPSA) is 270 Å². The zero-order valence-corrected chi connectivity index (χ0v) is 33.8. The van der Waals surface area contributed by atoms with Crippen LogP contribution in [0.15, 0.2) is 83.0 Å². The van der Waals surface area contributed by atoms with E-state index in [1.54, 1.807) is 36.4 Å². The van der Waals surface area contributed by atoms with Gasteiger partial charge in [-0.3, -0.25) is 37.0 Å². The van der Waals surface area contributed by atoms with Crippen molar-refractivity contribution in [2.24, 2.45) is 0 Å². The van der Waals surface area contributed by atoms with Gasteiger partial charge in [0.25, 0.3) is 5.56 Å². The van der Waals surface area contributed by atoms with Gasteiger partial charge in [0, 0.05) is 31.5 Å². The number of fused-ring (bicyclic) bond motifs is 4. The Hall–Kier alpha value is -4.57. The molecule has 3 aromatic heterocycles. The number of imidazole rings is 1. The number of H-pyrrole nitrogens is 1. The first-order chi connectivity index (χ1) is 28.3. The van der Waals surface area contributed by atoms with E-state index in [1.807, 2.05) is 19.1 Å². The Balaban J connectivity index is 1.08. The van der Waals surface area contributed by atoms with Gasteiger partial charge in [0.15, 0.2) is 23.9 Å². The number of carbonyl (C=O) groups is 1. The third kappa shape index (κ3) is 8.98. The summed E-state index contributed by atoms with van der Waals surface area (Å²) in [4.78, 5) is 62.9. The number of nitrogen functional groups attached to an aromatic ring is 1. The highest BCUT2D eigenvalue weighted by Crippen LogP contribution is 2.64. The first-order valence-corrected chi connectivity index (χ1v) is 22.6. The highest BCUT2D eigenvalue weighted by Gasteiger charge is 2.53. The van der Waals surface area contributed by atoms with Gasteiger partial charge in [-0.1, -0.05) is 29.8 Å². The zero-order chi connectivity index (χ0) is 41.5. The summed E-state index contributed by atoms with van der Waals surface area (Å²) in [5.41, 5.74) is 7.07. The van der Waals surface area contributed by atoms with E-state index < -0.39 is 88.0 Å². The monoisotopic (exact) mass is 873 g/mol. The van der Waals surface area contributed by atoms with E-state index in [-0.39, 0.29) is 34.9 Å². The number of nitrogens with one attached hydrogen (secondary N) is 1. The third-order valence-electron chi connectivity index (χ3n) is 9.64. The second-order valence-corrected chi connectivity index (χ2v) is 19.1. The fourth-order valence-corrected chi connectivity index (χ4v) is 11.1. The number of benzene rings is 2. The number of carbonyl (C=O) groups excluding carboxylic acids is 1. The second kappa shape index (κ2) is 16.8. The number of methoxy groups -OCH3 is 1. The van der Waals surface area contributed by atoms with Crippen molar-refractivity contribution in [1.82, 2.24) is 29.1 Å². The quantitative estimate of drug-likeness (QED) is 0.114. The molecule has 6 heterocycles.